The van der Waals surface area contributed by atoms with Crippen LogP contribution in [0, 0.1) is 0 Å². The minimum atomic E-state index is -0.187. The molecule has 0 radical (unpaired) electrons. The minimum absolute atomic E-state index is 0.187. The Morgan fingerprint density at radius 3 is 2.32 bits per heavy atom. The Balaban J connectivity index is 1.85. The Kier molecular flexibility index (Phi) is 5.05. The summed E-state index contributed by atoms with van der Waals surface area (Å²) in [6.07, 6.45) is 0.645. The third-order valence-electron chi connectivity index (χ3n) is 3.75. The largest absolute Gasteiger partial charge is 0.497 e. The van der Waals surface area contributed by atoms with Crippen LogP contribution in [0.25, 0.3) is 0 Å². The lowest BCUT2D eigenvalue weighted by atomic mass is 10.2. The summed E-state index contributed by atoms with van der Waals surface area (Å²) in [5.41, 5.74) is 1.25. The molecule has 106 valence electrons. The van der Waals surface area contributed by atoms with Crippen LogP contribution in [0.4, 0.5) is 5.69 Å². The number of ether oxygens (including phenoxy) is 1. The van der Waals surface area contributed by atoms with Gasteiger partial charge in [-0.15, -0.1) is 0 Å². The zero-order valence-electron chi connectivity index (χ0n) is 11.9. The van der Waals surface area contributed by atoms with Crippen molar-refractivity contribution in [2.45, 2.75) is 19.4 Å². The van der Waals surface area contributed by atoms with Crippen molar-refractivity contribution in [3.63, 3.8) is 0 Å². The molecule has 0 bridgehead atoms. The Bertz CT molecular complexity index is 372. The van der Waals surface area contributed by atoms with Crippen molar-refractivity contribution >= 4 is 5.69 Å². The number of rotatable bonds is 5. The van der Waals surface area contributed by atoms with Gasteiger partial charge in [0.1, 0.15) is 5.75 Å². The average molecular weight is 264 g/mol. The highest BCUT2D eigenvalue weighted by Gasteiger charge is 2.18. The molecule has 4 heteroatoms. The number of piperazine rings is 1. The van der Waals surface area contributed by atoms with E-state index in [1.807, 2.05) is 19.1 Å². The monoisotopic (exact) mass is 264 g/mol. The summed E-state index contributed by atoms with van der Waals surface area (Å²) in [4.78, 5) is 4.72. The highest BCUT2D eigenvalue weighted by molar-refractivity contribution is 5.49. The summed E-state index contributed by atoms with van der Waals surface area (Å²) >= 11 is 0. The summed E-state index contributed by atoms with van der Waals surface area (Å²) in [5, 5.41) is 9.68. The van der Waals surface area contributed by atoms with E-state index in [9.17, 15) is 5.11 Å². The van der Waals surface area contributed by atoms with E-state index in [4.69, 9.17) is 4.74 Å². The second-order valence-corrected chi connectivity index (χ2v) is 5.05. The smallest absolute Gasteiger partial charge is 0.119 e. The number of aliphatic hydroxyl groups excluding tert-OH is 1. The zero-order valence-corrected chi connectivity index (χ0v) is 11.9. The molecule has 0 amide bonds. The predicted octanol–water partition coefficient (Wildman–Crippen LogP) is 1.59. The van der Waals surface area contributed by atoms with Gasteiger partial charge in [0, 0.05) is 38.4 Å². The fraction of sp³-hybridized carbons (Fsp3) is 0.600. The maximum atomic E-state index is 9.68. The second kappa shape index (κ2) is 6.78. The SMILES string of the molecule is CC[C@H](O)CN1CCN(c2ccc(OC)cc2)CC1. The second-order valence-electron chi connectivity index (χ2n) is 5.05. The molecule has 1 saturated heterocycles. The highest BCUT2D eigenvalue weighted by Crippen LogP contribution is 2.20. The van der Waals surface area contributed by atoms with E-state index in [1.54, 1.807) is 7.11 Å². The lowest BCUT2D eigenvalue weighted by Gasteiger charge is -2.36. The van der Waals surface area contributed by atoms with Crippen molar-refractivity contribution in [2.24, 2.45) is 0 Å². The minimum Gasteiger partial charge on any atom is -0.497 e. The molecule has 1 N–H and O–H groups in total. The first-order valence-electron chi connectivity index (χ1n) is 7.02. The Morgan fingerprint density at radius 2 is 1.79 bits per heavy atom. The molecule has 4 nitrogen and oxygen atoms in total. The molecule has 19 heavy (non-hydrogen) atoms. The van der Waals surface area contributed by atoms with Crippen LogP contribution >= 0.6 is 0 Å². The van der Waals surface area contributed by atoms with Gasteiger partial charge in [0.2, 0.25) is 0 Å². The molecule has 1 aromatic carbocycles. The molecule has 1 atom stereocenters. The number of nitrogens with zero attached hydrogens (tertiary/aromatic N) is 2. The molecular formula is C15H24N2O2. The average Bonchev–Trinajstić information content (AvgIpc) is 2.48. The van der Waals surface area contributed by atoms with Gasteiger partial charge in [0.15, 0.2) is 0 Å². The van der Waals surface area contributed by atoms with Crippen LogP contribution in [-0.4, -0.2) is 55.9 Å². The molecule has 1 aliphatic heterocycles. The summed E-state index contributed by atoms with van der Waals surface area (Å²) in [6, 6.07) is 8.22. The Hall–Kier alpha value is -1.26. The lowest BCUT2D eigenvalue weighted by Crippen LogP contribution is -2.48. The van der Waals surface area contributed by atoms with Crippen LogP contribution in [0.2, 0.25) is 0 Å². The van der Waals surface area contributed by atoms with E-state index in [-0.39, 0.29) is 6.10 Å². The van der Waals surface area contributed by atoms with Crippen molar-refractivity contribution < 1.29 is 9.84 Å². The first kappa shape index (κ1) is 14.2. The van der Waals surface area contributed by atoms with Crippen molar-refractivity contribution in [2.75, 3.05) is 44.7 Å². The van der Waals surface area contributed by atoms with Gasteiger partial charge < -0.3 is 14.7 Å². The third-order valence-corrected chi connectivity index (χ3v) is 3.75. The first-order chi connectivity index (χ1) is 9.22. The molecule has 0 saturated carbocycles. The summed E-state index contributed by atoms with van der Waals surface area (Å²) in [7, 11) is 1.69. The van der Waals surface area contributed by atoms with E-state index in [2.05, 4.69) is 21.9 Å². The van der Waals surface area contributed by atoms with Crippen LogP contribution in [0.1, 0.15) is 13.3 Å². The number of benzene rings is 1. The predicted molar refractivity (Wildman–Crippen MR) is 77.9 cm³/mol. The maximum Gasteiger partial charge on any atom is 0.119 e. The fourth-order valence-corrected chi connectivity index (χ4v) is 2.41. The van der Waals surface area contributed by atoms with E-state index >= 15 is 0 Å². The van der Waals surface area contributed by atoms with Crippen LogP contribution in [0.15, 0.2) is 24.3 Å². The number of β-amino-alcohol motifs (C(OH)–C–C–N with tert-alkyl or cyclic N) is 1. The molecule has 0 aliphatic carbocycles. The lowest BCUT2D eigenvalue weighted by molar-refractivity contribution is 0.106. The van der Waals surface area contributed by atoms with Crippen LogP contribution < -0.4 is 9.64 Å². The van der Waals surface area contributed by atoms with E-state index in [1.165, 1.54) is 5.69 Å². The molecule has 2 rings (SSSR count). The summed E-state index contributed by atoms with van der Waals surface area (Å²) in [6.45, 7) is 6.89. The van der Waals surface area contributed by atoms with Crippen molar-refractivity contribution in [1.29, 1.82) is 0 Å². The molecule has 1 fully saturated rings. The molecule has 0 unspecified atom stereocenters. The van der Waals surface area contributed by atoms with Crippen molar-refractivity contribution in [3.8, 4) is 5.75 Å². The van der Waals surface area contributed by atoms with Crippen molar-refractivity contribution in [1.82, 2.24) is 4.90 Å². The fourth-order valence-electron chi connectivity index (χ4n) is 2.41. The molecule has 1 aliphatic rings. The number of hydrogen-bond acceptors (Lipinski definition) is 4. The van der Waals surface area contributed by atoms with Gasteiger partial charge in [-0.05, 0) is 30.7 Å². The molecule has 1 aromatic rings. The first-order valence-corrected chi connectivity index (χ1v) is 7.02. The molecule has 0 aromatic heterocycles. The Morgan fingerprint density at radius 1 is 1.16 bits per heavy atom. The van der Waals surface area contributed by atoms with Gasteiger partial charge in [-0.3, -0.25) is 4.90 Å². The number of anilines is 1. The van der Waals surface area contributed by atoms with Crippen molar-refractivity contribution in [3.05, 3.63) is 24.3 Å². The topological polar surface area (TPSA) is 35.9 Å². The van der Waals surface area contributed by atoms with Crippen LogP contribution in [-0.2, 0) is 0 Å². The van der Waals surface area contributed by atoms with Crippen LogP contribution in [0.5, 0.6) is 5.75 Å². The third kappa shape index (κ3) is 3.85. The highest BCUT2D eigenvalue weighted by atomic mass is 16.5. The van der Waals surface area contributed by atoms with Gasteiger partial charge in [-0.1, -0.05) is 6.92 Å². The van der Waals surface area contributed by atoms with E-state index in [0.29, 0.717) is 0 Å². The summed E-state index contributed by atoms with van der Waals surface area (Å²) < 4.78 is 5.18. The maximum absolute atomic E-state index is 9.68. The van der Waals surface area contributed by atoms with Gasteiger partial charge in [0.25, 0.3) is 0 Å². The quantitative estimate of drug-likeness (QED) is 0.876. The van der Waals surface area contributed by atoms with Gasteiger partial charge in [-0.2, -0.15) is 0 Å². The Labute approximate surface area is 115 Å². The number of hydrogen-bond donors (Lipinski definition) is 1. The summed E-state index contributed by atoms with van der Waals surface area (Å²) in [5.74, 6) is 0.897. The molecule has 1 heterocycles. The van der Waals surface area contributed by atoms with Gasteiger partial charge in [0.05, 0.1) is 13.2 Å². The van der Waals surface area contributed by atoms with E-state index in [0.717, 1.165) is 44.9 Å². The normalized spacial score (nSPS) is 18.4. The molecule has 0 spiro atoms. The van der Waals surface area contributed by atoms with Gasteiger partial charge >= 0.3 is 0 Å². The standard InChI is InChI=1S/C15H24N2O2/c1-3-14(18)12-16-8-10-17(11-9-16)13-4-6-15(19-2)7-5-13/h4-7,14,18H,3,8-12H2,1-2H3/t14-/m0/s1. The number of aliphatic hydroxyl groups is 1. The van der Waals surface area contributed by atoms with Gasteiger partial charge in [-0.25, -0.2) is 0 Å². The number of methoxy groups -OCH3 is 1. The zero-order chi connectivity index (χ0) is 13.7. The molecular weight excluding hydrogens is 240 g/mol. The van der Waals surface area contributed by atoms with E-state index < -0.39 is 0 Å². The van der Waals surface area contributed by atoms with Crippen LogP contribution in [0.3, 0.4) is 0 Å².